The maximum atomic E-state index is 13.3. The number of carbonyl (C=O) groups is 1. The molecule has 1 amide bonds. The van der Waals surface area contributed by atoms with Crippen LogP contribution in [-0.4, -0.2) is 193 Å². The summed E-state index contributed by atoms with van der Waals surface area (Å²) < 4.78 is 34.3. The van der Waals surface area contributed by atoms with Gasteiger partial charge in [0.15, 0.2) is 18.9 Å². The number of unbranched alkanes of at least 4 members (excludes halogenated alkanes) is 37. The van der Waals surface area contributed by atoms with E-state index >= 15 is 0 Å². The van der Waals surface area contributed by atoms with Crippen LogP contribution in [0.1, 0.15) is 277 Å². The lowest BCUT2D eigenvalue weighted by molar-refractivity contribution is -0.379. The third-order valence-corrected chi connectivity index (χ3v) is 18.0. The van der Waals surface area contributed by atoms with Gasteiger partial charge in [-0.15, -0.1) is 0 Å². The van der Waals surface area contributed by atoms with Crippen molar-refractivity contribution in [3.8, 4) is 0 Å². The zero-order valence-electron chi connectivity index (χ0n) is 54.7. The van der Waals surface area contributed by atoms with E-state index < -0.39 is 124 Å². The quantitative estimate of drug-likeness (QED) is 0.0199. The van der Waals surface area contributed by atoms with E-state index in [-0.39, 0.29) is 18.9 Å². The number of aliphatic hydroxyl groups is 11. The Balaban J connectivity index is 1.40. The molecule has 3 aliphatic heterocycles. The summed E-state index contributed by atoms with van der Waals surface area (Å²) in [4.78, 5) is 13.3. The van der Waals surface area contributed by atoms with Gasteiger partial charge in [-0.2, -0.15) is 0 Å². The molecule has 12 N–H and O–H groups in total. The molecule has 0 radical (unpaired) electrons. The van der Waals surface area contributed by atoms with Crippen molar-refractivity contribution >= 4 is 5.91 Å². The van der Waals surface area contributed by atoms with E-state index in [9.17, 15) is 61.0 Å². The molecule has 3 aliphatic rings. The van der Waals surface area contributed by atoms with Crippen LogP contribution in [0.2, 0.25) is 0 Å². The number of amides is 1. The molecule has 3 fully saturated rings. The van der Waals surface area contributed by atoms with Gasteiger partial charge < -0.3 is 89.9 Å². The van der Waals surface area contributed by atoms with E-state index in [1.807, 2.05) is 6.08 Å². The maximum absolute atomic E-state index is 13.3. The summed E-state index contributed by atoms with van der Waals surface area (Å²) in [5.41, 5.74) is 0. The summed E-state index contributed by atoms with van der Waals surface area (Å²) in [6, 6.07) is -0.986. The SMILES string of the molecule is CCCCCCCCCCCCCCCCCCCCCCCCCC/C=C/CC/C=C/C(O)C(COC1OC(CO)C(OC2OC(CO)C(OC3OC(CO)C(O)C(O)C3O)C(O)C2O)C(O)C1O)NC(=O)CCCCCCCCCCCCCCC. The first-order chi connectivity index (χ1) is 42.8. The van der Waals surface area contributed by atoms with E-state index in [4.69, 9.17) is 28.4 Å². The summed E-state index contributed by atoms with van der Waals surface area (Å²) in [5, 5.41) is 120. The van der Waals surface area contributed by atoms with Gasteiger partial charge in [-0.05, 0) is 32.1 Å². The van der Waals surface area contributed by atoms with Gasteiger partial charge in [-0.25, -0.2) is 0 Å². The predicted octanol–water partition coefficient (Wildman–Crippen LogP) is 9.44. The second-order valence-corrected chi connectivity index (χ2v) is 25.7. The fraction of sp³-hybridized carbons (Fsp3) is 0.928. The zero-order chi connectivity index (χ0) is 64.0. The van der Waals surface area contributed by atoms with E-state index in [1.54, 1.807) is 6.08 Å². The van der Waals surface area contributed by atoms with Crippen LogP contribution in [0, 0.1) is 0 Å². The summed E-state index contributed by atoms with van der Waals surface area (Å²) in [5.74, 6) is -0.283. The summed E-state index contributed by atoms with van der Waals surface area (Å²) in [6.45, 7) is 1.73. The van der Waals surface area contributed by atoms with Crippen molar-refractivity contribution in [1.29, 1.82) is 0 Å². The topological polar surface area (TPSA) is 307 Å². The molecular weight excluding hydrogens is 1130 g/mol. The molecule has 17 atom stereocenters. The van der Waals surface area contributed by atoms with Crippen molar-refractivity contribution in [2.75, 3.05) is 26.4 Å². The van der Waals surface area contributed by atoms with E-state index in [0.29, 0.717) is 12.8 Å². The van der Waals surface area contributed by atoms with Crippen LogP contribution in [0.25, 0.3) is 0 Å². The van der Waals surface area contributed by atoms with Crippen LogP contribution < -0.4 is 5.32 Å². The number of rotatable bonds is 55. The van der Waals surface area contributed by atoms with Gasteiger partial charge in [0.05, 0.1) is 38.6 Å². The molecule has 0 saturated carbocycles. The van der Waals surface area contributed by atoms with E-state index in [0.717, 1.165) is 38.5 Å². The first-order valence-corrected chi connectivity index (χ1v) is 35.6. The minimum atomic E-state index is -1.98. The second kappa shape index (κ2) is 51.7. The molecule has 0 aliphatic carbocycles. The Bertz CT molecular complexity index is 1690. The van der Waals surface area contributed by atoms with Gasteiger partial charge >= 0.3 is 0 Å². The van der Waals surface area contributed by atoms with Crippen molar-refractivity contribution < 1.29 is 89.4 Å². The monoisotopic (exact) mass is 1260 g/mol. The number of allylic oxidation sites excluding steroid dienone is 3. The number of hydrogen-bond donors (Lipinski definition) is 12. The van der Waals surface area contributed by atoms with Crippen molar-refractivity contribution in [2.45, 2.75) is 381 Å². The van der Waals surface area contributed by atoms with Crippen LogP contribution in [0.15, 0.2) is 24.3 Å². The fourth-order valence-corrected chi connectivity index (χ4v) is 12.2. The van der Waals surface area contributed by atoms with E-state index in [2.05, 4.69) is 31.3 Å². The summed E-state index contributed by atoms with van der Waals surface area (Å²) >= 11 is 0. The lowest BCUT2D eigenvalue weighted by atomic mass is 9.96. The van der Waals surface area contributed by atoms with E-state index in [1.165, 1.54) is 205 Å². The lowest BCUT2D eigenvalue weighted by Gasteiger charge is -2.48. The zero-order valence-corrected chi connectivity index (χ0v) is 54.7. The van der Waals surface area contributed by atoms with Crippen molar-refractivity contribution in [3.63, 3.8) is 0 Å². The number of nitrogens with one attached hydrogen (secondary N) is 1. The molecule has 0 aromatic carbocycles. The first kappa shape index (κ1) is 80.5. The molecular formula is C69H129NO18. The van der Waals surface area contributed by atoms with Crippen molar-refractivity contribution in [1.82, 2.24) is 5.32 Å². The molecule has 17 unspecified atom stereocenters. The second-order valence-electron chi connectivity index (χ2n) is 25.7. The van der Waals surface area contributed by atoms with Crippen LogP contribution in [0.4, 0.5) is 0 Å². The highest BCUT2D eigenvalue weighted by molar-refractivity contribution is 5.76. The number of aliphatic hydroxyl groups excluding tert-OH is 11. The Labute approximate surface area is 530 Å². The van der Waals surface area contributed by atoms with Gasteiger partial charge in [-0.1, -0.05) is 263 Å². The third-order valence-electron chi connectivity index (χ3n) is 18.0. The minimum absolute atomic E-state index is 0.240. The van der Waals surface area contributed by atoms with Crippen molar-refractivity contribution in [3.05, 3.63) is 24.3 Å². The van der Waals surface area contributed by atoms with Crippen LogP contribution in [-0.2, 0) is 33.2 Å². The largest absolute Gasteiger partial charge is 0.394 e. The molecule has 19 heteroatoms. The average molecular weight is 1260 g/mol. The number of hydrogen-bond acceptors (Lipinski definition) is 18. The van der Waals surface area contributed by atoms with Gasteiger partial charge in [-0.3, -0.25) is 4.79 Å². The van der Waals surface area contributed by atoms with Crippen LogP contribution in [0.3, 0.4) is 0 Å². The highest BCUT2D eigenvalue weighted by atomic mass is 16.8. The summed E-state index contributed by atoms with van der Waals surface area (Å²) in [7, 11) is 0. The van der Waals surface area contributed by atoms with Gasteiger partial charge in [0.2, 0.25) is 5.91 Å². The predicted molar refractivity (Wildman–Crippen MR) is 342 cm³/mol. The molecule has 3 saturated heterocycles. The van der Waals surface area contributed by atoms with Gasteiger partial charge in [0.25, 0.3) is 0 Å². The van der Waals surface area contributed by atoms with Gasteiger partial charge in [0, 0.05) is 6.42 Å². The Morgan fingerprint density at radius 1 is 0.398 bits per heavy atom. The molecule has 3 rings (SSSR count). The molecule has 0 aromatic heterocycles. The van der Waals surface area contributed by atoms with Crippen LogP contribution >= 0.6 is 0 Å². The Kier molecular flexibility index (Phi) is 47.3. The molecule has 19 nitrogen and oxygen atoms in total. The average Bonchev–Trinajstić information content (AvgIpc) is 1.84. The van der Waals surface area contributed by atoms with Crippen molar-refractivity contribution in [2.24, 2.45) is 0 Å². The Morgan fingerprint density at radius 2 is 0.727 bits per heavy atom. The Hall–Kier alpha value is -1.73. The first-order valence-electron chi connectivity index (χ1n) is 35.6. The fourth-order valence-electron chi connectivity index (χ4n) is 12.2. The molecule has 88 heavy (non-hydrogen) atoms. The highest BCUT2D eigenvalue weighted by Crippen LogP contribution is 2.33. The highest BCUT2D eigenvalue weighted by Gasteiger charge is 2.53. The molecule has 0 spiro atoms. The summed E-state index contributed by atoms with van der Waals surface area (Å²) in [6.07, 6.45) is 31.8. The smallest absolute Gasteiger partial charge is 0.220 e. The normalized spacial score (nSPS) is 28.5. The Morgan fingerprint density at radius 3 is 1.14 bits per heavy atom. The molecule has 3 heterocycles. The minimum Gasteiger partial charge on any atom is -0.394 e. The molecule has 0 aromatic rings. The number of carbonyl (C=O) groups excluding carboxylic acids is 1. The number of ether oxygens (including phenoxy) is 6. The third kappa shape index (κ3) is 33.4. The van der Waals surface area contributed by atoms with Gasteiger partial charge in [0.1, 0.15) is 73.2 Å². The molecule has 0 bridgehead atoms. The standard InChI is InChI=1S/C69H129NO18/c1-3-5-7-9-11-13-15-17-18-19-20-21-22-23-24-25-26-27-28-29-30-31-32-33-35-36-38-40-42-44-46-53(74)52(70-57(75)47-45-43-41-39-37-34-16-14-12-10-8-6-4-2)51-83-67-63(81)60(78)65(55(49-72)85-67)88-69-64(82)61(79)66(56(50-73)86-69)87-68-62(80)59(77)58(76)54(48-71)84-68/h36,38,44,46,52-56,58-69,71-74,76-82H,3-35,37,39-43,45,47-51H2,1-2H3,(H,70,75)/b38-36+,46-44+. The van der Waals surface area contributed by atoms with Crippen LogP contribution in [0.5, 0.6) is 0 Å². The molecule has 518 valence electrons. The lowest BCUT2D eigenvalue weighted by Crippen LogP contribution is -2.66. The maximum Gasteiger partial charge on any atom is 0.220 e.